The molecular weight excluding hydrogens is 1280 g/mol. The Hall–Kier alpha value is -9.54. The Morgan fingerprint density at radius 1 is 0.505 bits per heavy atom. The van der Waals surface area contributed by atoms with Gasteiger partial charge < -0.3 is 62.4 Å². The van der Waals surface area contributed by atoms with Gasteiger partial charge in [0.15, 0.2) is 52.4 Å². The van der Waals surface area contributed by atoms with E-state index >= 15 is 0 Å². The summed E-state index contributed by atoms with van der Waals surface area (Å²) in [6, 6.07) is 0.970. The highest BCUT2D eigenvalue weighted by Gasteiger charge is 2.35. The van der Waals surface area contributed by atoms with Gasteiger partial charge in [-0.05, 0) is 81.4 Å². The van der Waals surface area contributed by atoms with E-state index in [9.17, 15) is 81.5 Å². The highest BCUT2D eigenvalue weighted by Crippen LogP contribution is 2.29. The SMILES string of the molecule is CC(C)NC(=O)c1cc(-c2ncc(F)c(N[C@@H](C(=O)NCC(F)(F)F)C(C)C)n2)c[nH]1.CC(C)[C@@H](Nc1nc(-c2c[nH]c(C(=O)N3CCCC3)c2)ncc1F)C(=O)NCC(F)(F)F.CC(C)[C@@H](Nc1nc(-c2c[nH]c(C(=O)NCC3CC3)c2)ncc1F)C(=O)NCC(F)(F)F.[HH].[HH].[HH].[HH].[HH].[HH].[HH].[HH].[HH].[HH].[HH]. The van der Waals surface area contributed by atoms with E-state index in [1.807, 2.05) is 0 Å². The van der Waals surface area contributed by atoms with Crippen molar-refractivity contribution in [3.05, 3.63) is 89.9 Å². The molecule has 36 heteroatoms. The number of halogens is 12. The highest BCUT2D eigenvalue weighted by molar-refractivity contribution is 5.95. The van der Waals surface area contributed by atoms with Crippen LogP contribution in [-0.4, -0.2) is 167 Å². The van der Waals surface area contributed by atoms with Gasteiger partial charge in [-0.1, -0.05) is 41.5 Å². The lowest BCUT2D eigenvalue weighted by molar-refractivity contribution is -0.139. The Bertz CT molecular complexity index is 3650. The molecular formula is C59H94F12N18O6. The molecule has 7 heterocycles. The average Bonchev–Trinajstić information content (AvgIpc) is 1.64. The summed E-state index contributed by atoms with van der Waals surface area (Å²) < 4.78 is 155. The molecule has 95 heavy (non-hydrogen) atoms. The Balaban J connectivity index is -0.000000336. The monoisotopic (exact) mass is 1380 g/mol. The number of carbonyl (C=O) groups is 6. The van der Waals surface area contributed by atoms with Gasteiger partial charge in [-0.15, -0.1) is 0 Å². The number of alkyl halides is 9. The van der Waals surface area contributed by atoms with Crippen molar-refractivity contribution < 1.29 is 97.1 Å². The lowest BCUT2D eigenvalue weighted by Gasteiger charge is -2.23. The van der Waals surface area contributed by atoms with Crippen LogP contribution in [0.25, 0.3) is 34.2 Å². The molecule has 1 saturated carbocycles. The van der Waals surface area contributed by atoms with Crippen molar-refractivity contribution in [2.45, 2.75) is 124 Å². The maximum atomic E-state index is 14.3. The number of aromatic nitrogens is 9. The van der Waals surface area contributed by atoms with Crippen LogP contribution in [0.2, 0.25) is 0 Å². The lowest BCUT2D eigenvalue weighted by Crippen LogP contribution is -2.46. The van der Waals surface area contributed by atoms with Crippen molar-refractivity contribution in [2.75, 3.05) is 55.2 Å². The van der Waals surface area contributed by atoms with Crippen molar-refractivity contribution in [3.8, 4) is 34.2 Å². The van der Waals surface area contributed by atoms with E-state index in [2.05, 4.69) is 71.4 Å². The van der Waals surface area contributed by atoms with Gasteiger partial charge in [0.2, 0.25) is 17.7 Å². The van der Waals surface area contributed by atoms with Crippen LogP contribution in [-0.2, 0) is 14.4 Å². The minimum absolute atomic E-state index is 0. The van der Waals surface area contributed by atoms with Gasteiger partial charge in [0.25, 0.3) is 17.7 Å². The zero-order valence-electron chi connectivity index (χ0n) is 52.5. The van der Waals surface area contributed by atoms with Crippen LogP contribution >= 0.6 is 0 Å². The second-order valence-electron chi connectivity index (χ2n) is 23.5. The van der Waals surface area contributed by atoms with Crippen molar-refractivity contribution in [2.24, 2.45) is 23.7 Å². The minimum atomic E-state index is -4.57. The van der Waals surface area contributed by atoms with Crippen LogP contribution in [0, 0.1) is 41.1 Å². The second-order valence-corrected chi connectivity index (χ2v) is 23.5. The number of aromatic amines is 3. The molecule has 6 aromatic rings. The van der Waals surface area contributed by atoms with E-state index in [-0.39, 0.29) is 85.8 Å². The fourth-order valence-corrected chi connectivity index (χ4v) is 8.80. The molecule has 540 valence electrons. The molecule has 0 bridgehead atoms. The highest BCUT2D eigenvalue weighted by atomic mass is 19.4. The molecule has 3 atom stereocenters. The van der Waals surface area contributed by atoms with E-state index in [0.29, 0.717) is 47.9 Å². The molecule has 8 rings (SSSR count). The third-order valence-corrected chi connectivity index (χ3v) is 14.0. The van der Waals surface area contributed by atoms with Gasteiger partial charge in [0.05, 0.1) is 18.6 Å². The summed E-state index contributed by atoms with van der Waals surface area (Å²) in [5.41, 5.74) is 2.10. The summed E-state index contributed by atoms with van der Waals surface area (Å²) >= 11 is 0. The first-order valence-electron chi connectivity index (χ1n) is 29.8. The molecule has 0 aromatic carbocycles. The van der Waals surface area contributed by atoms with Gasteiger partial charge in [-0.3, -0.25) is 28.8 Å². The number of rotatable bonds is 24. The first-order chi connectivity index (χ1) is 44.4. The molecule has 2 aliphatic rings. The van der Waals surface area contributed by atoms with Gasteiger partial charge >= 0.3 is 18.5 Å². The van der Waals surface area contributed by atoms with Crippen LogP contribution in [0.1, 0.15) is 128 Å². The predicted octanol–water partition coefficient (Wildman–Crippen LogP) is 11.4. The maximum Gasteiger partial charge on any atom is 0.405 e. The molecule has 1 saturated heterocycles. The molecule has 11 N–H and O–H groups in total. The number of likely N-dealkylation sites (tertiary alicyclic amines) is 1. The largest absolute Gasteiger partial charge is 0.405 e. The zero-order chi connectivity index (χ0) is 70.3. The van der Waals surface area contributed by atoms with Crippen molar-refractivity contribution >= 4 is 52.9 Å². The smallest absolute Gasteiger partial charge is 0.356 e. The van der Waals surface area contributed by atoms with E-state index in [1.54, 1.807) is 82.3 Å². The standard InChI is InChI=1S/2C20H24F4N6O2.C19H24F4N6O2.11H2/c1-10(2)15(19(32)28-9-20(22,23)24)29-17-13(21)8-26-16(30-17)12-5-14(25-7-12)18(31)27-6-11-3-4-11;1-11(2)15(18(31)27-10-20(22,23)24)28-17-13(21)9-26-16(29-17)12-7-14(25-8-12)19(32)30-5-3-4-6-30;1-9(2)14(18(31)26-8-19(21,22)23)28-16-12(20)7-25-15(29-16)11-5-13(24-6-11)17(30)27-10(3)4;;;;;;;;;;;/h5,7-8,10-11,15,25H,3-4,6,9H2,1-2H3,(H,27,31)(H,28,32)(H,26,29,30);7-9,11,15,25H,3-6,10H2,1-2H3,(H,27,31)(H,26,28,29);5-7,9-10,14,24H,8H2,1-4H3,(H,26,31)(H,27,30)(H,25,28,29);11*1H/t2*15-;14-;;;;;;;;;;;/m111.........../s1. The van der Waals surface area contributed by atoms with Crippen molar-refractivity contribution in [3.63, 3.8) is 0 Å². The van der Waals surface area contributed by atoms with Crippen LogP contribution in [0.15, 0.2) is 55.4 Å². The van der Waals surface area contributed by atoms with Crippen LogP contribution in [0.5, 0.6) is 0 Å². The van der Waals surface area contributed by atoms with Gasteiger partial charge in [-0.25, -0.2) is 43.1 Å². The first kappa shape index (κ1) is 74.5. The number of amides is 6. The number of nitrogens with one attached hydrogen (secondary N) is 11. The zero-order valence-corrected chi connectivity index (χ0v) is 52.5. The molecule has 24 nitrogen and oxygen atoms in total. The molecule has 0 spiro atoms. The van der Waals surface area contributed by atoms with Crippen LogP contribution in [0.3, 0.4) is 0 Å². The quantitative estimate of drug-likeness (QED) is 0.0251. The fraction of sp³-hybridized carbons (Fsp3) is 0.492. The van der Waals surface area contributed by atoms with E-state index < -0.39 is 109 Å². The van der Waals surface area contributed by atoms with Crippen LogP contribution < -0.4 is 42.5 Å². The average molecular weight is 1380 g/mol. The Kier molecular flexibility index (Phi) is 25.5. The van der Waals surface area contributed by atoms with Gasteiger partial charge in [-0.2, -0.15) is 39.5 Å². The number of H-pyrrole nitrogens is 3. The number of anilines is 3. The lowest BCUT2D eigenvalue weighted by atomic mass is 10.0. The fourth-order valence-electron chi connectivity index (χ4n) is 8.80. The topological polar surface area (TPSA) is 327 Å². The van der Waals surface area contributed by atoms with E-state index in [4.69, 9.17) is 0 Å². The third-order valence-electron chi connectivity index (χ3n) is 14.0. The normalized spacial score (nSPS) is 14.3. The van der Waals surface area contributed by atoms with E-state index in [1.165, 1.54) is 30.7 Å². The molecule has 0 radical (unpaired) electrons. The molecule has 1 aliphatic heterocycles. The summed E-state index contributed by atoms with van der Waals surface area (Å²) in [7, 11) is 0. The summed E-state index contributed by atoms with van der Waals surface area (Å²) in [5, 5.41) is 18.6. The van der Waals surface area contributed by atoms with E-state index in [0.717, 1.165) is 44.3 Å². The molecule has 1 aliphatic carbocycles. The predicted molar refractivity (Wildman–Crippen MR) is 345 cm³/mol. The molecule has 2 fully saturated rings. The number of hydrogen-bond donors (Lipinski definition) is 11. The number of carbonyl (C=O) groups excluding carboxylic acids is 6. The van der Waals surface area contributed by atoms with Crippen molar-refractivity contribution in [1.82, 2.24) is 76.3 Å². The summed E-state index contributed by atoms with van der Waals surface area (Å²) in [4.78, 5) is 107. The van der Waals surface area contributed by atoms with Gasteiger partial charge in [0.1, 0.15) is 54.8 Å². The molecule has 0 unspecified atom stereocenters. The summed E-state index contributed by atoms with van der Waals surface area (Å²) in [5.74, 6) is -7.90. The molecule has 6 amide bonds. The molecule has 6 aromatic heterocycles. The number of hydrogen-bond acceptors (Lipinski definition) is 15. The first-order valence-corrected chi connectivity index (χ1v) is 29.8. The Labute approximate surface area is 552 Å². The van der Waals surface area contributed by atoms with Crippen LogP contribution in [0.4, 0.5) is 70.1 Å². The summed E-state index contributed by atoms with van der Waals surface area (Å²) in [6.07, 6.45) is -2.51. The summed E-state index contributed by atoms with van der Waals surface area (Å²) in [6.45, 7) is 10.7. The third kappa shape index (κ3) is 23.2. The van der Waals surface area contributed by atoms with Gasteiger partial charge in [0, 0.05) is 76.7 Å². The number of nitrogens with zero attached hydrogens (tertiary/aromatic N) is 7. The Morgan fingerprint density at radius 3 is 1.15 bits per heavy atom. The minimum Gasteiger partial charge on any atom is -0.356 e. The second kappa shape index (κ2) is 32.5. The maximum absolute atomic E-state index is 14.3. The van der Waals surface area contributed by atoms with Crippen molar-refractivity contribution in [1.29, 1.82) is 0 Å². The Morgan fingerprint density at radius 2 is 0.832 bits per heavy atom.